The lowest BCUT2D eigenvalue weighted by molar-refractivity contribution is 0.686. The van der Waals surface area contributed by atoms with E-state index in [2.05, 4.69) is 0 Å². The molecule has 0 radical (unpaired) electrons. The van der Waals surface area contributed by atoms with Crippen molar-refractivity contribution in [1.29, 1.82) is 0 Å². The van der Waals surface area contributed by atoms with Crippen molar-refractivity contribution < 1.29 is 4.21 Å². The summed E-state index contributed by atoms with van der Waals surface area (Å²) in [6.07, 6.45) is 1.64. The molecular formula is C8H10ClNOS. The highest BCUT2D eigenvalue weighted by molar-refractivity contribution is 7.83. The van der Waals surface area contributed by atoms with Gasteiger partial charge < -0.3 is 5.73 Å². The molecule has 2 nitrogen and oxygen atoms in total. The number of hydrogen-bond acceptors (Lipinski definition) is 2. The van der Waals surface area contributed by atoms with Crippen LogP contribution >= 0.6 is 11.6 Å². The third-order valence-corrected chi connectivity index (χ3v) is 2.51. The standard InChI is InChI=1S/C8H10ClNOS/c1-12(11)5-6-4-7(10)2-3-8(6)9/h2-4H,5,10H2,1H3/t12-/m0/s1. The van der Waals surface area contributed by atoms with Crippen LogP contribution in [0.4, 0.5) is 5.69 Å². The van der Waals surface area contributed by atoms with Gasteiger partial charge in [0.2, 0.25) is 0 Å². The van der Waals surface area contributed by atoms with E-state index in [4.69, 9.17) is 17.3 Å². The van der Waals surface area contributed by atoms with Gasteiger partial charge in [-0.25, -0.2) is 0 Å². The van der Waals surface area contributed by atoms with E-state index in [-0.39, 0.29) is 0 Å². The molecule has 0 saturated heterocycles. The molecule has 0 aliphatic carbocycles. The minimum atomic E-state index is -0.875. The van der Waals surface area contributed by atoms with Crippen LogP contribution in [0.25, 0.3) is 0 Å². The van der Waals surface area contributed by atoms with Gasteiger partial charge in [-0.2, -0.15) is 0 Å². The Hall–Kier alpha value is -0.540. The van der Waals surface area contributed by atoms with Crippen molar-refractivity contribution in [2.45, 2.75) is 5.75 Å². The lowest BCUT2D eigenvalue weighted by Crippen LogP contribution is -1.95. The zero-order chi connectivity index (χ0) is 9.14. The zero-order valence-corrected chi connectivity index (χ0v) is 8.28. The van der Waals surface area contributed by atoms with Crippen molar-refractivity contribution in [3.63, 3.8) is 0 Å². The summed E-state index contributed by atoms with van der Waals surface area (Å²) in [5, 5.41) is 0.624. The number of benzene rings is 1. The Morgan fingerprint density at radius 3 is 2.83 bits per heavy atom. The van der Waals surface area contributed by atoms with E-state index in [1.54, 1.807) is 24.5 Å². The molecule has 0 aromatic heterocycles. The molecule has 0 heterocycles. The van der Waals surface area contributed by atoms with Gasteiger partial charge in [0.05, 0.1) is 0 Å². The molecule has 1 atom stereocenters. The second-order valence-electron chi connectivity index (χ2n) is 2.57. The van der Waals surface area contributed by atoms with Gasteiger partial charge in [-0.15, -0.1) is 0 Å². The van der Waals surface area contributed by atoms with Crippen LogP contribution in [0.5, 0.6) is 0 Å². The second kappa shape index (κ2) is 3.92. The average Bonchev–Trinajstić information content (AvgIpc) is 1.96. The molecule has 0 spiro atoms. The van der Waals surface area contributed by atoms with E-state index in [0.29, 0.717) is 16.5 Å². The minimum absolute atomic E-state index is 0.462. The normalized spacial score (nSPS) is 12.8. The van der Waals surface area contributed by atoms with Crippen LogP contribution in [0.15, 0.2) is 18.2 Å². The van der Waals surface area contributed by atoms with E-state index in [0.717, 1.165) is 5.56 Å². The van der Waals surface area contributed by atoms with Crippen molar-refractivity contribution in [2.75, 3.05) is 12.0 Å². The molecule has 66 valence electrons. The fourth-order valence-electron chi connectivity index (χ4n) is 0.924. The summed E-state index contributed by atoms with van der Waals surface area (Å²) in [5.74, 6) is 0.462. The minimum Gasteiger partial charge on any atom is -0.399 e. The Morgan fingerprint density at radius 2 is 2.25 bits per heavy atom. The third kappa shape index (κ3) is 2.50. The first-order chi connectivity index (χ1) is 5.59. The lowest BCUT2D eigenvalue weighted by atomic mass is 10.2. The van der Waals surface area contributed by atoms with Gasteiger partial charge in [0.15, 0.2) is 0 Å². The first kappa shape index (κ1) is 9.55. The van der Waals surface area contributed by atoms with E-state index in [9.17, 15) is 4.21 Å². The summed E-state index contributed by atoms with van der Waals surface area (Å²) in [6.45, 7) is 0. The van der Waals surface area contributed by atoms with Crippen LogP contribution in [0, 0.1) is 0 Å². The summed E-state index contributed by atoms with van der Waals surface area (Å²) < 4.78 is 10.9. The van der Waals surface area contributed by atoms with Crippen molar-refractivity contribution in [1.82, 2.24) is 0 Å². The lowest BCUT2D eigenvalue weighted by Gasteiger charge is -2.02. The number of rotatable bonds is 2. The monoisotopic (exact) mass is 203 g/mol. The fourth-order valence-corrected chi connectivity index (χ4v) is 1.86. The van der Waals surface area contributed by atoms with E-state index < -0.39 is 10.8 Å². The molecule has 12 heavy (non-hydrogen) atoms. The maximum atomic E-state index is 10.9. The number of halogens is 1. The van der Waals surface area contributed by atoms with Gasteiger partial charge in [-0.1, -0.05) is 11.6 Å². The molecule has 0 aliphatic heterocycles. The van der Waals surface area contributed by atoms with Crippen molar-refractivity contribution in [3.05, 3.63) is 28.8 Å². The van der Waals surface area contributed by atoms with Crippen molar-refractivity contribution >= 4 is 28.1 Å². The molecule has 0 unspecified atom stereocenters. The molecule has 0 bridgehead atoms. The van der Waals surface area contributed by atoms with Gasteiger partial charge in [0.25, 0.3) is 0 Å². The summed E-state index contributed by atoms with van der Waals surface area (Å²) >= 11 is 5.85. The average molecular weight is 204 g/mol. The second-order valence-corrected chi connectivity index (χ2v) is 4.41. The smallest absolute Gasteiger partial charge is 0.0498 e. The maximum absolute atomic E-state index is 10.9. The molecule has 1 aromatic carbocycles. The SMILES string of the molecule is C[S@](=O)Cc1cc(N)ccc1Cl. The van der Waals surface area contributed by atoms with Crippen LogP contribution in [-0.4, -0.2) is 10.5 Å². The van der Waals surface area contributed by atoms with Crippen molar-refractivity contribution in [3.8, 4) is 0 Å². The third-order valence-electron chi connectivity index (χ3n) is 1.43. The number of hydrogen-bond donors (Lipinski definition) is 1. The summed E-state index contributed by atoms with van der Waals surface area (Å²) in [5.41, 5.74) is 7.04. The number of nitrogens with two attached hydrogens (primary N) is 1. The maximum Gasteiger partial charge on any atom is 0.0498 e. The highest BCUT2D eigenvalue weighted by Gasteiger charge is 2.02. The molecule has 1 aromatic rings. The van der Waals surface area contributed by atoms with Crippen LogP contribution in [0.3, 0.4) is 0 Å². The van der Waals surface area contributed by atoms with Gasteiger partial charge in [0.1, 0.15) is 0 Å². The number of anilines is 1. The summed E-state index contributed by atoms with van der Waals surface area (Å²) in [6, 6.07) is 5.20. The van der Waals surface area contributed by atoms with E-state index >= 15 is 0 Å². The largest absolute Gasteiger partial charge is 0.399 e. The van der Waals surface area contributed by atoms with E-state index in [1.807, 2.05) is 0 Å². The molecule has 0 saturated carbocycles. The zero-order valence-electron chi connectivity index (χ0n) is 6.71. The Kier molecular flexibility index (Phi) is 3.12. The predicted molar refractivity (Wildman–Crippen MR) is 53.6 cm³/mol. The highest BCUT2D eigenvalue weighted by atomic mass is 35.5. The molecule has 2 N–H and O–H groups in total. The van der Waals surface area contributed by atoms with Gasteiger partial charge in [-0.3, -0.25) is 4.21 Å². The number of nitrogen functional groups attached to an aromatic ring is 1. The van der Waals surface area contributed by atoms with Gasteiger partial charge in [-0.05, 0) is 23.8 Å². The Balaban J connectivity index is 2.97. The Labute approximate surface area is 79.2 Å². The molecule has 1 rings (SSSR count). The molecular weight excluding hydrogens is 194 g/mol. The molecule has 0 aliphatic rings. The van der Waals surface area contributed by atoms with Gasteiger partial charge >= 0.3 is 0 Å². The molecule has 0 amide bonds. The van der Waals surface area contributed by atoms with Crippen molar-refractivity contribution in [2.24, 2.45) is 0 Å². The molecule has 0 fully saturated rings. The van der Waals surface area contributed by atoms with E-state index in [1.165, 1.54) is 0 Å². The first-order valence-corrected chi connectivity index (χ1v) is 5.54. The first-order valence-electron chi connectivity index (χ1n) is 3.43. The Morgan fingerprint density at radius 1 is 1.58 bits per heavy atom. The van der Waals surface area contributed by atoms with Crippen LogP contribution in [-0.2, 0) is 16.6 Å². The highest BCUT2D eigenvalue weighted by Crippen LogP contribution is 2.19. The summed E-state index contributed by atoms with van der Waals surface area (Å²) in [7, 11) is -0.875. The topological polar surface area (TPSA) is 43.1 Å². The molecule has 4 heteroatoms. The Bertz CT molecular complexity index is 314. The predicted octanol–water partition coefficient (Wildman–Crippen LogP) is 1.80. The van der Waals surface area contributed by atoms with Gasteiger partial charge in [0, 0.05) is 33.5 Å². The summed E-state index contributed by atoms with van der Waals surface area (Å²) in [4.78, 5) is 0. The van der Waals surface area contributed by atoms with Crippen LogP contribution in [0.2, 0.25) is 5.02 Å². The van der Waals surface area contributed by atoms with Crippen LogP contribution in [0.1, 0.15) is 5.56 Å². The van der Waals surface area contributed by atoms with Crippen LogP contribution < -0.4 is 5.73 Å². The quantitative estimate of drug-likeness (QED) is 0.745. The fraction of sp³-hybridized carbons (Fsp3) is 0.250.